The van der Waals surface area contributed by atoms with Crippen LogP contribution in [0.4, 0.5) is 4.39 Å². The minimum absolute atomic E-state index is 0.0941. The number of halogens is 1. The van der Waals surface area contributed by atoms with Crippen LogP contribution in [-0.4, -0.2) is 49.2 Å². The van der Waals surface area contributed by atoms with Crippen molar-refractivity contribution < 1.29 is 18.7 Å². The Morgan fingerprint density at radius 2 is 1.86 bits per heavy atom. The van der Waals surface area contributed by atoms with Crippen LogP contribution in [0.15, 0.2) is 48.5 Å². The minimum atomic E-state index is -0.313. The molecule has 4 rings (SSSR count). The maximum atomic E-state index is 13.0. The molecule has 2 aromatic rings. The van der Waals surface area contributed by atoms with Gasteiger partial charge in [0.15, 0.2) is 0 Å². The van der Waals surface area contributed by atoms with E-state index in [-0.39, 0.29) is 17.8 Å². The van der Waals surface area contributed by atoms with Crippen LogP contribution >= 0.6 is 0 Å². The third kappa shape index (κ3) is 4.69. The Balaban J connectivity index is 1.34. The van der Waals surface area contributed by atoms with Crippen molar-refractivity contribution in [1.29, 1.82) is 0 Å². The zero-order valence-electron chi connectivity index (χ0n) is 15.8. The standard InChI is InChI=1S/C22H25FN2O3/c23-17-4-6-20(7-5-17)28-21-3-1-2-16(14-21)22(26)24-18-8-11-25(15-18)19-9-12-27-13-10-19/h1-7,14,18-19H,8-13,15H2,(H,24,26). The number of amides is 1. The summed E-state index contributed by atoms with van der Waals surface area (Å²) in [6.07, 6.45) is 3.11. The van der Waals surface area contributed by atoms with Crippen molar-refractivity contribution in [3.8, 4) is 11.5 Å². The fourth-order valence-corrected chi connectivity index (χ4v) is 3.90. The van der Waals surface area contributed by atoms with Crippen LogP contribution in [0.3, 0.4) is 0 Å². The molecule has 0 saturated carbocycles. The van der Waals surface area contributed by atoms with Crippen molar-refractivity contribution in [3.63, 3.8) is 0 Å². The van der Waals surface area contributed by atoms with Crippen molar-refractivity contribution in [2.75, 3.05) is 26.3 Å². The lowest BCUT2D eigenvalue weighted by molar-refractivity contribution is 0.0415. The molecule has 2 heterocycles. The van der Waals surface area contributed by atoms with Crippen LogP contribution in [0, 0.1) is 5.82 Å². The molecule has 2 aromatic carbocycles. The molecule has 148 valence electrons. The molecular formula is C22H25FN2O3. The van der Waals surface area contributed by atoms with Gasteiger partial charge in [0.1, 0.15) is 17.3 Å². The third-order valence-electron chi connectivity index (χ3n) is 5.41. The molecule has 28 heavy (non-hydrogen) atoms. The second-order valence-corrected chi connectivity index (χ2v) is 7.38. The summed E-state index contributed by atoms with van der Waals surface area (Å²) in [4.78, 5) is 15.2. The van der Waals surface area contributed by atoms with Crippen molar-refractivity contribution in [2.24, 2.45) is 0 Å². The monoisotopic (exact) mass is 384 g/mol. The number of nitrogens with zero attached hydrogens (tertiary/aromatic N) is 1. The largest absolute Gasteiger partial charge is 0.457 e. The predicted octanol–water partition coefficient (Wildman–Crippen LogP) is 3.60. The quantitative estimate of drug-likeness (QED) is 0.856. The highest BCUT2D eigenvalue weighted by Gasteiger charge is 2.30. The van der Waals surface area contributed by atoms with Crippen LogP contribution < -0.4 is 10.1 Å². The van der Waals surface area contributed by atoms with Gasteiger partial charge in [-0.2, -0.15) is 0 Å². The Morgan fingerprint density at radius 3 is 2.64 bits per heavy atom. The van der Waals surface area contributed by atoms with Crippen LogP contribution in [0.2, 0.25) is 0 Å². The summed E-state index contributed by atoms with van der Waals surface area (Å²) in [5, 5.41) is 3.15. The highest BCUT2D eigenvalue weighted by atomic mass is 19.1. The van der Waals surface area contributed by atoms with Gasteiger partial charge in [-0.25, -0.2) is 4.39 Å². The highest BCUT2D eigenvalue weighted by Crippen LogP contribution is 2.23. The first-order chi connectivity index (χ1) is 13.7. The molecule has 2 fully saturated rings. The second-order valence-electron chi connectivity index (χ2n) is 7.38. The van der Waals surface area contributed by atoms with Gasteiger partial charge in [0.2, 0.25) is 0 Å². The topological polar surface area (TPSA) is 50.8 Å². The van der Waals surface area contributed by atoms with E-state index >= 15 is 0 Å². The van der Waals surface area contributed by atoms with Gasteiger partial charge in [0.05, 0.1) is 0 Å². The molecule has 2 saturated heterocycles. The molecular weight excluding hydrogens is 359 g/mol. The summed E-state index contributed by atoms with van der Waals surface area (Å²) < 4.78 is 24.2. The molecule has 1 atom stereocenters. The lowest BCUT2D eigenvalue weighted by atomic mass is 10.1. The molecule has 1 amide bonds. The molecule has 0 aromatic heterocycles. The van der Waals surface area contributed by atoms with Gasteiger partial charge in [0.25, 0.3) is 5.91 Å². The summed E-state index contributed by atoms with van der Waals surface area (Å²) >= 11 is 0. The van der Waals surface area contributed by atoms with E-state index < -0.39 is 0 Å². The average Bonchev–Trinajstić information content (AvgIpc) is 3.19. The minimum Gasteiger partial charge on any atom is -0.457 e. The lowest BCUT2D eigenvalue weighted by Crippen LogP contribution is -2.41. The Labute approximate surface area is 164 Å². The van der Waals surface area contributed by atoms with E-state index in [0.29, 0.717) is 23.1 Å². The number of ether oxygens (including phenoxy) is 2. The van der Waals surface area contributed by atoms with Gasteiger partial charge in [-0.05, 0) is 61.7 Å². The van der Waals surface area contributed by atoms with Crippen LogP contribution in [-0.2, 0) is 4.74 Å². The lowest BCUT2D eigenvalue weighted by Gasteiger charge is -2.31. The van der Waals surface area contributed by atoms with E-state index in [0.717, 1.165) is 45.6 Å². The SMILES string of the molecule is O=C(NC1CCN(C2CCOCC2)C1)c1cccc(Oc2ccc(F)cc2)c1. The van der Waals surface area contributed by atoms with Crippen LogP contribution in [0.1, 0.15) is 29.6 Å². The molecule has 2 aliphatic rings. The van der Waals surface area contributed by atoms with Crippen LogP contribution in [0.5, 0.6) is 11.5 Å². The predicted molar refractivity (Wildman–Crippen MR) is 104 cm³/mol. The first-order valence-electron chi connectivity index (χ1n) is 9.83. The number of rotatable bonds is 5. The van der Waals surface area contributed by atoms with E-state index in [2.05, 4.69) is 10.2 Å². The molecule has 0 spiro atoms. The Bertz CT molecular complexity index is 806. The van der Waals surface area contributed by atoms with Gasteiger partial charge in [0, 0.05) is 44.0 Å². The molecule has 1 N–H and O–H groups in total. The Hall–Kier alpha value is -2.44. The van der Waals surface area contributed by atoms with Crippen molar-refractivity contribution in [3.05, 3.63) is 59.9 Å². The van der Waals surface area contributed by atoms with Crippen molar-refractivity contribution >= 4 is 5.91 Å². The number of carbonyl (C=O) groups excluding carboxylic acids is 1. The number of hydrogen-bond acceptors (Lipinski definition) is 4. The highest BCUT2D eigenvalue weighted by molar-refractivity contribution is 5.94. The Morgan fingerprint density at radius 1 is 1.07 bits per heavy atom. The van der Waals surface area contributed by atoms with Gasteiger partial charge >= 0.3 is 0 Å². The van der Waals surface area contributed by atoms with E-state index in [9.17, 15) is 9.18 Å². The summed E-state index contributed by atoms with van der Waals surface area (Å²) in [6, 6.07) is 13.6. The van der Waals surface area contributed by atoms with Crippen LogP contribution in [0.25, 0.3) is 0 Å². The summed E-state index contributed by atoms with van der Waals surface area (Å²) in [5.74, 6) is 0.673. The summed E-state index contributed by atoms with van der Waals surface area (Å²) in [5.41, 5.74) is 0.559. The van der Waals surface area contributed by atoms with Gasteiger partial charge in [-0.1, -0.05) is 6.07 Å². The smallest absolute Gasteiger partial charge is 0.251 e. The Kier molecular flexibility index (Phi) is 5.88. The number of likely N-dealkylation sites (tertiary alicyclic amines) is 1. The zero-order valence-corrected chi connectivity index (χ0v) is 15.8. The van der Waals surface area contributed by atoms with E-state index in [1.54, 1.807) is 36.4 Å². The maximum absolute atomic E-state index is 13.0. The molecule has 6 heteroatoms. The van der Waals surface area contributed by atoms with E-state index in [1.807, 2.05) is 0 Å². The molecule has 0 aliphatic carbocycles. The van der Waals surface area contributed by atoms with Crippen molar-refractivity contribution in [2.45, 2.75) is 31.3 Å². The summed E-state index contributed by atoms with van der Waals surface area (Å²) in [7, 11) is 0. The van der Waals surface area contributed by atoms with Gasteiger partial charge < -0.3 is 14.8 Å². The number of nitrogens with one attached hydrogen (secondary N) is 1. The maximum Gasteiger partial charge on any atom is 0.251 e. The number of benzene rings is 2. The molecule has 2 aliphatic heterocycles. The fraction of sp³-hybridized carbons (Fsp3) is 0.409. The molecule has 5 nitrogen and oxygen atoms in total. The first-order valence-corrected chi connectivity index (χ1v) is 9.83. The molecule has 0 bridgehead atoms. The number of hydrogen-bond donors (Lipinski definition) is 1. The second kappa shape index (κ2) is 8.71. The van der Waals surface area contributed by atoms with Gasteiger partial charge in [-0.3, -0.25) is 9.69 Å². The zero-order chi connectivity index (χ0) is 19.3. The third-order valence-corrected chi connectivity index (χ3v) is 5.41. The average molecular weight is 384 g/mol. The van der Waals surface area contributed by atoms with Gasteiger partial charge in [-0.15, -0.1) is 0 Å². The molecule has 1 unspecified atom stereocenters. The number of carbonyl (C=O) groups is 1. The normalized spacial score (nSPS) is 20.8. The summed E-state index contributed by atoms with van der Waals surface area (Å²) in [6.45, 7) is 3.57. The van der Waals surface area contributed by atoms with Crippen molar-refractivity contribution in [1.82, 2.24) is 10.2 Å². The first kappa shape index (κ1) is 18.9. The fourth-order valence-electron chi connectivity index (χ4n) is 3.90. The van der Waals surface area contributed by atoms with E-state index in [1.165, 1.54) is 12.1 Å². The molecule has 0 radical (unpaired) electrons. The van der Waals surface area contributed by atoms with E-state index in [4.69, 9.17) is 9.47 Å².